The molecule has 20 heavy (non-hydrogen) atoms. The summed E-state index contributed by atoms with van der Waals surface area (Å²) < 4.78 is 22.9. The second-order valence-electron chi connectivity index (χ2n) is 4.35. The van der Waals surface area contributed by atoms with E-state index in [1.807, 2.05) is 0 Å². The van der Waals surface area contributed by atoms with Gasteiger partial charge in [-0.3, -0.25) is 4.52 Å². The highest BCUT2D eigenvalue weighted by Gasteiger charge is 2.52. The Morgan fingerprint density at radius 2 is 2.05 bits per heavy atom. The molecular formula is C11H14N3O5P. The number of hydrogen-bond donors (Lipinski definition) is 2. The minimum Gasteiger partial charge on any atom is -0.423 e. The van der Waals surface area contributed by atoms with Crippen LogP contribution in [0.25, 0.3) is 10.4 Å². The largest absolute Gasteiger partial charge is 0.423 e. The number of aliphatic hydroxyl groups excluding tert-OH is 2. The quantitative estimate of drug-likeness (QED) is 0.382. The Kier molecular flexibility index (Phi) is 4.32. The lowest BCUT2D eigenvalue weighted by Gasteiger charge is -2.38. The summed E-state index contributed by atoms with van der Waals surface area (Å²) in [5.41, 5.74) is 8.42. The van der Waals surface area contributed by atoms with Gasteiger partial charge in [-0.1, -0.05) is 23.3 Å². The highest BCUT2D eigenvalue weighted by Crippen LogP contribution is 2.57. The van der Waals surface area contributed by atoms with E-state index in [9.17, 15) is 14.8 Å². The number of benzene rings is 1. The average Bonchev–Trinajstić information content (AvgIpc) is 2.42. The summed E-state index contributed by atoms with van der Waals surface area (Å²) in [4.78, 5) is 2.57. The number of nitrogens with zero attached hydrogens (tertiary/aromatic N) is 3. The van der Waals surface area contributed by atoms with Crippen molar-refractivity contribution in [2.24, 2.45) is 5.11 Å². The first-order valence-corrected chi connectivity index (χ1v) is 7.52. The Bertz CT molecular complexity index is 562. The van der Waals surface area contributed by atoms with Gasteiger partial charge in [0.2, 0.25) is 0 Å². The van der Waals surface area contributed by atoms with Crippen molar-refractivity contribution in [3.05, 3.63) is 40.8 Å². The molecule has 2 rings (SSSR count). The third-order valence-corrected chi connectivity index (χ3v) is 4.98. The van der Waals surface area contributed by atoms with Gasteiger partial charge < -0.3 is 14.7 Å². The predicted molar refractivity (Wildman–Crippen MR) is 70.2 cm³/mol. The fourth-order valence-corrected chi connectivity index (χ4v) is 3.75. The monoisotopic (exact) mass is 299 g/mol. The van der Waals surface area contributed by atoms with Crippen LogP contribution in [0.5, 0.6) is 5.75 Å². The smallest absolute Gasteiger partial charge is 0.410 e. The minimum atomic E-state index is -3.98. The summed E-state index contributed by atoms with van der Waals surface area (Å²) in [5, 5.41) is 23.2. The zero-order chi connectivity index (χ0) is 14.8. The van der Waals surface area contributed by atoms with Gasteiger partial charge in [0.15, 0.2) is 5.85 Å². The summed E-state index contributed by atoms with van der Waals surface area (Å²) >= 11 is 0. The number of hydrogen-bond acceptors (Lipinski definition) is 6. The molecule has 0 radical (unpaired) electrons. The molecule has 1 heterocycles. The number of azide groups is 1. The summed E-state index contributed by atoms with van der Waals surface area (Å²) in [6, 6.07) is 7.15. The van der Waals surface area contributed by atoms with E-state index in [0.717, 1.165) is 0 Å². The Balaban J connectivity index is 2.25. The van der Waals surface area contributed by atoms with Crippen LogP contribution in [-0.4, -0.2) is 34.3 Å². The molecule has 8 nitrogen and oxygen atoms in total. The number of para-hydroxylation sites is 1. The normalized spacial score (nSPS) is 37.0. The molecule has 108 valence electrons. The molecule has 0 aromatic heterocycles. The number of aliphatic hydroxyl groups is 2. The van der Waals surface area contributed by atoms with Gasteiger partial charge >= 0.3 is 7.60 Å². The molecule has 0 spiro atoms. The van der Waals surface area contributed by atoms with Crippen molar-refractivity contribution in [2.45, 2.75) is 31.0 Å². The van der Waals surface area contributed by atoms with Crippen LogP contribution < -0.4 is 4.52 Å². The van der Waals surface area contributed by atoms with Crippen LogP contribution in [0.2, 0.25) is 0 Å². The Morgan fingerprint density at radius 1 is 1.40 bits per heavy atom. The van der Waals surface area contributed by atoms with Crippen molar-refractivity contribution < 1.29 is 23.8 Å². The molecule has 0 amide bonds. The standard InChI is InChI=1S/C11H14N3O5P/c1-7-9(13-14-12)10(15)11(16)20(17,18-7)19-8-5-3-2-4-6-8/h2-7,9-11,15-16H,1H3/t7-,9+,10-,11+,20+/m1/s1. The minimum absolute atomic E-state index is 0.247. The molecule has 0 saturated carbocycles. The van der Waals surface area contributed by atoms with E-state index in [0.29, 0.717) is 0 Å². The van der Waals surface area contributed by atoms with E-state index in [4.69, 9.17) is 14.6 Å². The molecule has 1 aromatic carbocycles. The van der Waals surface area contributed by atoms with Crippen molar-refractivity contribution in [1.82, 2.24) is 0 Å². The maximum absolute atomic E-state index is 12.5. The molecule has 5 atom stereocenters. The Hall–Kier alpha value is -1.56. The van der Waals surface area contributed by atoms with Crippen LogP contribution in [0.3, 0.4) is 0 Å². The van der Waals surface area contributed by atoms with Crippen LogP contribution in [0, 0.1) is 0 Å². The highest BCUT2D eigenvalue weighted by molar-refractivity contribution is 7.55. The van der Waals surface area contributed by atoms with E-state index >= 15 is 0 Å². The second kappa shape index (κ2) is 5.83. The Morgan fingerprint density at radius 3 is 2.65 bits per heavy atom. The van der Waals surface area contributed by atoms with Gasteiger partial charge in [0, 0.05) is 4.91 Å². The lowest BCUT2D eigenvalue weighted by molar-refractivity contribution is -0.0281. The molecule has 9 heteroatoms. The van der Waals surface area contributed by atoms with Crippen molar-refractivity contribution in [3.63, 3.8) is 0 Å². The molecule has 1 aromatic rings. The van der Waals surface area contributed by atoms with E-state index in [1.165, 1.54) is 6.92 Å². The van der Waals surface area contributed by atoms with Crippen molar-refractivity contribution in [3.8, 4) is 5.75 Å². The molecule has 1 saturated heterocycles. The SMILES string of the molecule is C[C@H]1O[P@](=O)(Oc2ccccc2)[C@H](O)[C@H](O)[C@H]1N=[N+]=[N-]. The molecule has 0 unspecified atom stereocenters. The molecule has 2 N–H and O–H groups in total. The molecule has 1 fully saturated rings. The first-order chi connectivity index (χ1) is 9.48. The van der Waals surface area contributed by atoms with Crippen molar-refractivity contribution in [1.29, 1.82) is 0 Å². The molecule has 0 aliphatic carbocycles. The summed E-state index contributed by atoms with van der Waals surface area (Å²) in [6.07, 6.45) is -2.37. The average molecular weight is 299 g/mol. The van der Waals surface area contributed by atoms with E-state index in [2.05, 4.69) is 10.0 Å². The lowest BCUT2D eigenvalue weighted by atomic mass is 10.1. The molecule has 1 aliphatic rings. The molecular weight excluding hydrogens is 285 g/mol. The van der Waals surface area contributed by atoms with Crippen LogP contribution in [0.1, 0.15) is 6.92 Å². The maximum Gasteiger partial charge on any atom is 0.410 e. The fourth-order valence-electron chi connectivity index (χ4n) is 1.92. The second-order valence-corrected chi connectivity index (χ2v) is 6.36. The van der Waals surface area contributed by atoms with E-state index < -0.39 is 31.7 Å². The van der Waals surface area contributed by atoms with Crippen LogP contribution in [-0.2, 0) is 9.09 Å². The van der Waals surface area contributed by atoms with Crippen LogP contribution in [0.4, 0.5) is 0 Å². The van der Waals surface area contributed by atoms with Gasteiger partial charge in [0.1, 0.15) is 11.9 Å². The zero-order valence-corrected chi connectivity index (χ0v) is 11.5. The van der Waals surface area contributed by atoms with Gasteiger partial charge in [-0.15, -0.1) is 0 Å². The summed E-state index contributed by atoms with van der Waals surface area (Å²) in [5.74, 6) is -1.54. The fraction of sp³-hybridized carbons (Fsp3) is 0.455. The lowest BCUT2D eigenvalue weighted by Crippen LogP contribution is -2.48. The predicted octanol–water partition coefficient (Wildman–Crippen LogP) is 2.04. The van der Waals surface area contributed by atoms with Crippen LogP contribution in [0.15, 0.2) is 35.4 Å². The van der Waals surface area contributed by atoms with Gasteiger partial charge in [-0.05, 0) is 24.6 Å². The van der Waals surface area contributed by atoms with Gasteiger partial charge in [0.05, 0.1) is 12.1 Å². The highest BCUT2D eigenvalue weighted by atomic mass is 31.2. The van der Waals surface area contributed by atoms with Gasteiger partial charge in [-0.25, -0.2) is 4.57 Å². The molecule has 1 aliphatic heterocycles. The Labute approximate surface area is 115 Å². The first-order valence-electron chi connectivity index (χ1n) is 5.91. The zero-order valence-electron chi connectivity index (χ0n) is 10.6. The molecule has 0 bridgehead atoms. The number of rotatable bonds is 3. The maximum atomic E-state index is 12.5. The summed E-state index contributed by atoms with van der Waals surface area (Å²) in [7, 11) is -3.98. The summed E-state index contributed by atoms with van der Waals surface area (Å²) in [6.45, 7) is 1.48. The van der Waals surface area contributed by atoms with E-state index in [-0.39, 0.29) is 5.75 Å². The van der Waals surface area contributed by atoms with Crippen molar-refractivity contribution >= 4 is 7.60 Å². The topological polar surface area (TPSA) is 125 Å². The third kappa shape index (κ3) is 2.80. The van der Waals surface area contributed by atoms with Gasteiger partial charge in [-0.2, -0.15) is 0 Å². The first kappa shape index (κ1) is 14.8. The third-order valence-electron chi connectivity index (χ3n) is 2.93. The van der Waals surface area contributed by atoms with Crippen molar-refractivity contribution in [2.75, 3.05) is 0 Å². The van der Waals surface area contributed by atoms with Crippen LogP contribution >= 0.6 is 7.60 Å². The van der Waals surface area contributed by atoms with Gasteiger partial charge in [0.25, 0.3) is 0 Å². The van der Waals surface area contributed by atoms with E-state index in [1.54, 1.807) is 30.3 Å².